The first kappa shape index (κ1) is 49.8. The average molecular weight is 893 g/mol. The number of carbonyl (C=O) groups excluding carboxylic acids is 1. The van der Waals surface area contributed by atoms with Gasteiger partial charge in [0.25, 0.3) is 0 Å². The molecule has 10 nitrogen and oxygen atoms in total. The highest BCUT2D eigenvalue weighted by atomic mass is 16.7. The van der Waals surface area contributed by atoms with E-state index >= 15 is 4.79 Å². The fourth-order valence-corrected chi connectivity index (χ4v) is 10.8. The molecular weight excluding hydrogens is 817 g/mol. The van der Waals surface area contributed by atoms with Gasteiger partial charge in [-0.15, -0.1) is 6.58 Å². The van der Waals surface area contributed by atoms with Gasteiger partial charge in [-0.2, -0.15) is 0 Å². The van der Waals surface area contributed by atoms with Crippen LogP contribution in [0.2, 0.25) is 0 Å². The molecule has 1 fully saturated rings. The van der Waals surface area contributed by atoms with Crippen molar-refractivity contribution in [3.63, 3.8) is 0 Å². The Morgan fingerprint density at radius 3 is 2.29 bits per heavy atom. The molecule has 0 bridgehead atoms. The van der Waals surface area contributed by atoms with Crippen LogP contribution >= 0.6 is 0 Å². The molecule has 2 N–H and O–H groups in total. The first-order chi connectivity index (χ1) is 31.9. The third-order valence-electron chi connectivity index (χ3n) is 13.8. The van der Waals surface area contributed by atoms with Crippen LogP contribution in [0, 0.1) is 17.8 Å². The van der Waals surface area contributed by atoms with Gasteiger partial charge in [0, 0.05) is 31.1 Å². The first-order valence-electron chi connectivity index (χ1n) is 24.7. The van der Waals surface area contributed by atoms with E-state index in [1.807, 2.05) is 35.2 Å². The molecule has 6 rings (SSSR count). The summed E-state index contributed by atoms with van der Waals surface area (Å²) in [6, 6.07) is 19.8. The molecule has 2 aliphatic carbocycles. The number of hydrogen-bond acceptors (Lipinski definition) is 9. The van der Waals surface area contributed by atoms with Gasteiger partial charge in [-0.05, 0) is 84.0 Å². The zero-order valence-corrected chi connectivity index (χ0v) is 39.3. The molecule has 1 heterocycles. The van der Waals surface area contributed by atoms with Crippen molar-refractivity contribution >= 4 is 22.6 Å². The van der Waals surface area contributed by atoms with Crippen LogP contribution in [0.15, 0.2) is 103 Å². The van der Waals surface area contributed by atoms with Crippen molar-refractivity contribution in [2.45, 2.75) is 140 Å². The zero-order chi connectivity index (χ0) is 45.9. The van der Waals surface area contributed by atoms with Crippen molar-refractivity contribution in [2.24, 2.45) is 22.9 Å². The Balaban J connectivity index is 1.45. The topological polar surface area (TPSA) is 119 Å². The Morgan fingerprint density at radius 2 is 1.57 bits per heavy atom. The van der Waals surface area contributed by atoms with E-state index in [4.69, 9.17) is 28.9 Å². The van der Waals surface area contributed by atoms with E-state index in [1.54, 1.807) is 19.3 Å². The highest BCUT2D eigenvalue weighted by molar-refractivity contribution is 6.03. The van der Waals surface area contributed by atoms with Crippen LogP contribution in [0.3, 0.4) is 0 Å². The molecule has 0 spiro atoms. The van der Waals surface area contributed by atoms with E-state index in [2.05, 4.69) is 56.5 Å². The number of allylic oxidation sites excluding steroid dienone is 1. The maximum atomic E-state index is 15.1. The van der Waals surface area contributed by atoms with Gasteiger partial charge in [-0.1, -0.05) is 150 Å². The third kappa shape index (κ3) is 12.4. The highest BCUT2D eigenvalue weighted by Gasteiger charge is 2.65. The maximum Gasteiger partial charge on any atom is 0.410 e. The van der Waals surface area contributed by atoms with E-state index in [-0.39, 0.29) is 50.5 Å². The molecule has 6 unspecified atom stereocenters. The largest absolute Gasteiger partial charge is 0.490 e. The van der Waals surface area contributed by atoms with Crippen LogP contribution in [0.4, 0.5) is 4.79 Å². The van der Waals surface area contributed by atoms with Gasteiger partial charge in [-0.3, -0.25) is 4.90 Å². The van der Waals surface area contributed by atoms with E-state index in [1.165, 1.54) is 44.9 Å². The van der Waals surface area contributed by atoms with Gasteiger partial charge < -0.3 is 34.0 Å². The number of rotatable bonds is 29. The summed E-state index contributed by atoms with van der Waals surface area (Å²) in [5.74, 6) is -0.412. The summed E-state index contributed by atoms with van der Waals surface area (Å²) in [6.45, 7) is 11.5. The lowest BCUT2D eigenvalue weighted by atomic mass is 9.55. The average Bonchev–Trinajstić information content (AvgIpc) is 3.32. The molecule has 354 valence electrons. The first-order valence-corrected chi connectivity index (χ1v) is 24.7. The summed E-state index contributed by atoms with van der Waals surface area (Å²) in [6.07, 6.45) is 22.3. The molecule has 6 atom stereocenters. The highest BCUT2D eigenvalue weighted by Crippen LogP contribution is 2.62. The third-order valence-corrected chi connectivity index (χ3v) is 13.8. The maximum absolute atomic E-state index is 15.1. The lowest BCUT2D eigenvalue weighted by Gasteiger charge is -2.59. The summed E-state index contributed by atoms with van der Waals surface area (Å²) in [5, 5.41) is 26.8. The second-order valence-electron chi connectivity index (χ2n) is 18.1. The van der Waals surface area contributed by atoms with Gasteiger partial charge in [0.1, 0.15) is 31.3 Å². The van der Waals surface area contributed by atoms with Crippen LogP contribution in [-0.2, 0) is 20.9 Å². The minimum atomic E-state index is -1.40. The van der Waals surface area contributed by atoms with Gasteiger partial charge >= 0.3 is 6.09 Å². The molecule has 1 amide bonds. The van der Waals surface area contributed by atoms with E-state index in [0.717, 1.165) is 78.1 Å². The predicted octanol–water partition coefficient (Wildman–Crippen LogP) is 12.2. The fraction of sp³-hybridized carbons (Fsp3) is 0.564. The minimum absolute atomic E-state index is 0.0929. The van der Waals surface area contributed by atoms with Crippen LogP contribution < -0.4 is 9.47 Å². The Bertz CT molecular complexity index is 2030. The van der Waals surface area contributed by atoms with Crippen LogP contribution in [-0.4, -0.2) is 78.9 Å². The molecule has 3 aliphatic rings. The van der Waals surface area contributed by atoms with Crippen LogP contribution in [0.25, 0.3) is 10.8 Å². The number of unbranched alkanes of at least 4 members (excludes halogenated alkanes) is 11. The summed E-state index contributed by atoms with van der Waals surface area (Å²) >= 11 is 0. The van der Waals surface area contributed by atoms with Crippen molar-refractivity contribution < 1.29 is 38.8 Å². The normalized spacial score (nSPS) is 22.6. The van der Waals surface area contributed by atoms with Crippen LogP contribution in [0.1, 0.15) is 133 Å². The summed E-state index contributed by atoms with van der Waals surface area (Å²) < 4.78 is 27.1. The number of hydrogen-bond donors (Lipinski definition) is 2. The minimum Gasteiger partial charge on any atom is -0.490 e. The summed E-state index contributed by atoms with van der Waals surface area (Å²) in [7, 11) is 1.57. The number of carbonyl (C=O) groups is 1. The SMILES string of the molecule is C=CCOc1ccc2c(c1)C1C(CCCCO)C(CCCCO)C=C3C(=NOC)CC(N(Cc4cccc5ccccc45)C(=O)OCCCCCCCCCCCC)C(OCC=C)(O2)C31. The number of aliphatic hydroxyl groups excluding tert-OH is 2. The Labute approximate surface area is 388 Å². The van der Waals surface area contributed by atoms with Gasteiger partial charge in [0.05, 0.1) is 31.4 Å². The van der Waals surface area contributed by atoms with E-state index in [9.17, 15) is 10.2 Å². The molecule has 1 saturated carbocycles. The van der Waals surface area contributed by atoms with Crippen molar-refractivity contribution in [3.05, 3.63) is 109 Å². The number of benzene rings is 3. The van der Waals surface area contributed by atoms with Crippen molar-refractivity contribution in [1.82, 2.24) is 4.90 Å². The van der Waals surface area contributed by atoms with E-state index < -0.39 is 23.8 Å². The Hall–Kier alpha value is -4.64. The number of fused-ring (bicyclic) bond motifs is 3. The number of ether oxygens (including phenoxy) is 4. The van der Waals surface area contributed by atoms with Gasteiger partial charge in [0.15, 0.2) is 0 Å². The monoisotopic (exact) mass is 893 g/mol. The van der Waals surface area contributed by atoms with Gasteiger partial charge in [-0.25, -0.2) is 4.79 Å². The molecule has 0 saturated heterocycles. The summed E-state index contributed by atoms with van der Waals surface area (Å²) in [4.78, 5) is 22.6. The fourth-order valence-electron chi connectivity index (χ4n) is 10.8. The number of nitrogens with zero attached hydrogens (tertiary/aromatic N) is 2. The lowest BCUT2D eigenvalue weighted by Crippen LogP contribution is -2.70. The molecular formula is C55H76N2O8. The molecule has 65 heavy (non-hydrogen) atoms. The molecule has 3 aromatic carbocycles. The Kier molecular flexibility index (Phi) is 19.8. The van der Waals surface area contributed by atoms with Crippen LogP contribution in [0.5, 0.6) is 11.5 Å². The van der Waals surface area contributed by atoms with Crippen molar-refractivity contribution in [3.8, 4) is 11.5 Å². The lowest BCUT2D eigenvalue weighted by molar-refractivity contribution is -0.256. The molecule has 0 radical (unpaired) electrons. The van der Waals surface area contributed by atoms with E-state index in [0.29, 0.717) is 37.6 Å². The number of oxime groups is 1. The summed E-state index contributed by atoms with van der Waals surface area (Å²) in [5.41, 5.74) is 3.71. The molecule has 10 heteroatoms. The van der Waals surface area contributed by atoms with Crippen molar-refractivity contribution in [2.75, 3.05) is 40.1 Å². The predicted molar refractivity (Wildman–Crippen MR) is 260 cm³/mol. The molecule has 1 aliphatic heterocycles. The second-order valence-corrected chi connectivity index (χ2v) is 18.1. The quantitative estimate of drug-likeness (QED) is 0.0402. The number of amides is 1. The second kappa shape index (κ2) is 25.9. The zero-order valence-electron chi connectivity index (χ0n) is 39.3. The molecule has 0 aromatic heterocycles. The van der Waals surface area contributed by atoms with Crippen molar-refractivity contribution in [1.29, 1.82) is 0 Å². The number of aliphatic hydroxyl groups is 2. The molecule has 3 aromatic rings. The van der Waals surface area contributed by atoms with Gasteiger partial charge in [0.2, 0.25) is 5.79 Å². The standard InChI is InChI=1S/C55H76N2O8/c1-5-8-9-10-11-12-13-14-15-22-36-63-54(60)57(40-43-27-23-26-41-24-16-17-28-45(41)43)51-39-49(56-61-4)47-37-42(25-18-20-32-58)46(29-19-21-33-59)52-48-38-44(62-34-6-2)30-31-50(48)65-55(51,53(47)52)64-35-7-3/h6-7,16-17,23-24,26-28,30-31,37-38,42,46,51-53,58-59H,2-3,5,8-15,18-22,25,29,32-36,39-40H2,1,4H3. The Morgan fingerprint density at radius 1 is 0.862 bits per heavy atom. The smallest absolute Gasteiger partial charge is 0.410 e.